The van der Waals surface area contributed by atoms with Crippen molar-refractivity contribution >= 4 is 17.3 Å². The number of carbonyl (C=O) groups excluding carboxylic acids is 1. The monoisotopic (exact) mass is 279 g/mol. The zero-order valence-corrected chi connectivity index (χ0v) is 11.2. The Morgan fingerprint density at radius 2 is 2.30 bits per heavy atom. The lowest BCUT2D eigenvalue weighted by molar-refractivity contribution is -0.385. The normalized spacial score (nSPS) is 18.8. The highest BCUT2D eigenvalue weighted by atomic mass is 16.6. The molecule has 1 aliphatic rings. The smallest absolute Gasteiger partial charge is 0.275 e. The molecule has 1 atom stereocenters. The Hall–Kier alpha value is -2.15. The summed E-state index contributed by atoms with van der Waals surface area (Å²) in [4.78, 5) is 24.1. The summed E-state index contributed by atoms with van der Waals surface area (Å²) in [6.07, 6.45) is 0.650. The molecule has 0 aromatic heterocycles. The standard InChI is InChI=1S/C13H17N3O4/c1-2-11-13(18)14-5-6-15(11)10-3-4-12(16(19)20)9(7-10)8-17/h3-4,7,11,17H,2,5-6,8H2,1H3,(H,14,18). The second kappa shape index (κ2) is 5.87. The van der Waals surface area contributed by atoms with Crippen molar-refractivity contribution in [2.24, 2.45) is 0 Å². The summed E-state index contributed by atoms with van der Waals surface area (Å²) in [5, 5.41) is 22.9. The fourth-order valence-electron chi connectivity index (χ4n) is 2.48. The summed E-state index contributed by atoms with van der Waals surface area (Å²) >= 11 is 0. The van der Waals surface area contributed by atoms with E-state index in [0.29, 0.717) is 19.5 Å². The molecule has 20 heavy (non-hydrogen) atoms. The molecule has 1 saturated heterocycles. The number of anilines is 1. The average Bonchev–Trinajstić information content (AvgIpc) is 2.46. The zero-order valence-electron chi connectivity index (χ0n) is 11.2. The molecule has 1 aromatic carbocycles. The maximum atomic E-state index is 11.8. The Labute approximate surface area is 116 Å². The number of nitro benzene ring substituents is 1. The highest BCUT2D eigenvalue weighted by Gasteiger charge is 2.29. The number of aliphatic hydroxyl groups is 1. The number of hydrogen-bond donors (Lipinski definition) is 2. The quantitative estimate of drug-likeness (QED) is 0.628. The number of nitro groups is 1. The van der Waals surface area contributed by atoms with Crippen LogP contribution < -0.4 is 10.2 Å². The highest BCUT2D eigenvalue weighted by Crippen LogP contribution is 2.27. The third-order valence-corrected chi connectivity index (χ3v) is 3.48. The van der Waals surface area contributed by atoms with E-state index in [-0.39, 0.29) is 23.2 Å². The lowest BCUT2D eigenvalue weighted by Crippen LogP contribution is -2.55. The van der Waals surface area contributed by atoms with Gasteiger partial charge >= 0.3 is 0 Å². The van der Waals surface area contributed by atoms with Crippen molar-refractivity contribution in [3.05, 3.63) is 33.9 Å². The predicted molar refractivity (Wildman–Crippen MR) is 73.5 cm³/mol. The highest BCUT2D eigenvalue weighted by molar-refractivity contribution is 5.86. The molecule has 2 rings (SSSR count). The van der Waals surface area contributed by atoms with Crippen LogP contribution in [-0.2, 0) is 11.4 Å². The van der Waals surface area contributed by atoms with Crippen LogP contribution in [0.3, 0.4) is 0 Å². The Morgan fingerprint density at radius 3 is 2.90 bits per heavy atom. The number of amides is 1. The van der Waals surface area contributed by atoms with Crippen molar-refractivity contribution in [3.8, 4) is 0 Å². The molecule has 7 heteroatoms. The van der Waals surface area contributed by atoms with Gasteiger partial charge in [-0.05, 0) is 18.6 Å². The number of benzene rings is 1. The van der Waals surface area contributed by atoms with Crippen molar-refractivity contribution in [3.63, 3.8) is 0 Å². The van der Waals surface area contributed by atoms with Gasteiger partial charge in [0.2, 0.25) is 5.91 Å². The minimum Gasteiger partial charge on any atom is -0.391 e. The topological polar surface area (TPSA) is 95.7 Å². The number of carbonyl (C=O) groups is 1. The van der Waals surface area contributed by atoms with Crippen molar-refractivity contribution in [2.45, 2.75) is 26.0 Å². The number of nitrogens with one attached hydrogen (secondary N) is 1. The molecule has 1 amide bonds. The summed E-state index contributed by atoms with van der Waals surface area (Å²) in [7, 11) is 0. The molecule has 2 N–H and O–H groups in total. The summed E-state index contributed by atoms with van der Waals surface area (Å²) in [5.74, 6) is -0.0392. The van der Waals surface area contributed by atoms with Gasteiger partial charge in [0.05, 0.1) is 17.1 Å². The summed E-state index contributed by atoms with van der Waals surface area (Å²) < 4.78 is 0. The first-order valence-corrected chi connectivity index (χ1v) is 6.51. The van der Waals surface area contributed by atoms with E-state index in [1.165, 1.54) is 6.07 Å². The minimum atomic E-state index is -0.518. The zero-order chi connectivity index (χ0) is 14.7. The summed E-state index contributed by atoms with van der Waals surface area (Å²) in [5.41, 5.74) is 0.875. The van der Waals surface area contributed by atoms with E-state index in [0.717, 1.165) is 5.69 Å². The molecule has 0 aliphatic carbocycles. The van der Waals surface area contributed by atoms with E-state index < -0.39 is 11.5 Å². The molecule has 0 bridgehead atoms. The van der Waals surface area contributed by atoms with Gasteiger partial charge in [-0.2, -0.15) is 0 Å². The number of piperazine rings is 1. The van der Waals surface area contributed by atoms with E-state index in [4.69, 9.17) is 0 Å². The molecule has 7 nitrogen and oxygen atoms in total. The van der Waals surface area contributed by atoms with Crippen molar-refractivity contribution in [1.82, 2.24) is 5.32 Å². The molecular formula is C13H17N3O4. The molecule has 108 valence electrons. The van der Waals surface area contributed by atoms with Gasteiger partial charge in [0.25, 0.3) is 5.69 Å². The van der Waals surface area contributed by atoms with Gasteiger partial charge in [0, 0.05) is 24.8 Å². The van der Waals surface area contributed by atoms with Crippen LogP contribution in [0.15, 0.2) is 18.2 Å². The van der Waals surface area contributed by atoms with Gasteiger partial charge in [-0.3, -0.25) is 14.9 Å². The Balaban J connectivity index is 2.36. The van der Waals surface area contributed by atoms with Crippen molar-refractivity contribution < 1.29 is 14.8 Å². The fourth-order valence-corrected chi connectivity index (χ4v) is 2.48. The predicted octanol–water partition coefficient (Wildman–Crippen LogP) is 0.802. The second-order valence-electron chi connectivity index (χ2n) is 4.64. The Morgan fingerprint density at radius 1 is 1.55 bits per heavy atom. The molecule has 1 aromatic rings. The molecular weight excluding hydrogens is 262 g/mol. The van der Waals surface area contributed by atoms with Gasteiger partial charge in [-0.25, -0.2) is 0 Å². The van der Waals surface area contributed by atoms with E-state index >= 15 is 0 Å². The Kier molecular flexibility index (Phi) is 4.19. The summed E-state index contributed by atoms with van der Waals surface area (Å²) in [6.45, 7) is 2.70. The summed E-state index contributed by atoms with van der Waals surface area (Å²) in [6, 6.07) is 4.30. The number of hydrogen-bond acceptors (Lipinski definition) is 5. The van der Waals surface area contributed by atoms with Gasteiger partial charge in [0.1, 0.15) is 6.04 Å². The first-order valence-electron chi connectivity index (χ1n) is 6.51. The second-order valence-corrected chi connectivity index (χ2v) is 4.64. The van der Waals surface area contributed by atoms with E-state index in [1.807, 2.05) is 11.8 Å². The molecule has 1 heterocycles. The van der Waals surface area contributed by atoms with Crippen LogP contribution in [-0.4, -0.2) is 35.1 Å². The van der Waals surface area contributed by atoms with Crippen LogP contribution in [0.1, 0.15) is 18.9 Å². The largest absolute Gasteiger partial charge is 0.391 e. The van der Waals surface area contributed by atoms with E-state index in [2.05, 4.69) is 5.32 Å². The van der Waals surface area contributed by atoms with Crippen molar-refractivity contribution in [2.75, 3.05) is 18.0 Å². The number of aliphatic hydroxyl groups excluding tert-OH is 1. The first-order chi connectivity index (χ1) is 9.58. The molecule has 0 saturated carbocycles. The number of nitrogens with zero attached hydrogens (tertiary/aromatic N) is 2. The van der Waals surface area contributed by atoms with Crippen LogP contribution in [0.25, 0.3) is 0 Å². The van der Waals surface area contributed by atoms with Crippen LogP contribution in [0.2, 0.25) is 0 Å². The SMILES string of the molecule is CCC1C(=O)NCCN1c1ccc([N+](=O)[O-])c(CO)c1. The van der Waals surface area contributed by atoms with Crippen LogP contribution >= 0.6 is 0 Å². The molecule has 1 aliphatic heterocycles. The third kappa shape index (κ3) is 2.57. The van der Waals surface area contributed by atoms with Crippen LogP contribution in [0, 0.1) is 10.1 Å². The number of rotatable bonds is 4. The van der Waals surface area contributed by atoms with Crippen molar-refractivity contribution in [1.29, 1.82) is 0 Å². The van der Waals surface area contributed by atoms with Gasteiger partial charge in [-0.15, -0.1) is 0 Å². The van der Waals surface area contributed by atoms with Crippen LogP contribution in [0.5, 0.6) is 0 Å². The lowest BCUT2D eigenvalue weighted by atomic mass is 10.1. The lowest BCUT2D eigenvalue weighted by Gasteiger charge is -2.36. The van der Waals surface area contributed by atoms with Gasteiger partial charge in [0.15, 0.2) is 0 Å². The molecule has 1 fully saturated rings. The maximum Gasteiger partial charge on any atom is 0.275 e. The van der Waals surface area contributed by atoms with Gasteiger partial charge in [-0.1, -0.05) is 6.92 Å². The van der Waals surface area contributed by atoms with E-state index in [1.54, 1.807) is 12.1 Å². The van der Waals surface area contributed by atoms with Gasteiger partial charge < -0.3 is 15.3 Å². The first kappa shape index (κ1) is 14.3. The molecule has 0 spiro atoms. The maximum absolute atomic E-state index is 11.8. The molecule has 0 radical (unpaired) electrons. The van der Waals surface area contributed by atoms with Crippen LogP contribution in [0.4, 0.5) is 11.4 Å². The minimum absolute atomic E-state index is 0.0392. The Bertz CT molecular complexity index is 532. The fraction of sp³-hybridized carbons (Fsp3) is 0.462. The average molecular weight is 279 g/mol. The molecule has 1 unspecified atom stereocenters. The van der Waals surface area contributed by atoms with E-state index in [9.17, 15) is 20.0 Å². The third-order valence-electron chi connectivity index (χ3n) is 3.48.